The molecule has 14 aromatic rings. The fourth-order valence-corrected chi connectivity index (χ4v) is 14.6. The van der Waals surface area contributed by atoms with E-state index in [0.29, 0.717) is 5.75 Å². The first-order valence-electron chi connectivity index (χ1n) is 34.5. The predicted molar refractivity (Wildman–Crippen MR) is 451 cm³/mol. The maximum absolute atomic E-state index is 6.10. The molecular formula is C89H94B2Br2N4O10. The molecule has 2 fully saturated rings. The Labute approximate surface area is 646 Å². The zero-order valence-electron chi connectivity index (χ0n) is 61.4. The van der Waals surface area contributed by atoms with Gasteiger partial charge in [-0.2, -0.15) is 0 Å². The molecule has 0 aliphatic carbocycles. The highest BCUT2D eigenvalue weighted by Gasteiger charge is 2.53. The van der Waals surface area contributed by atoms with E-state index in [1.165, 1.54) is 16.2 Å². The summed E-state index contributed by atoms with van der Waals surface area (Å²) in [6, 6.07) is 71.1. The Bertz CT molecular complexity index is 5520. The van der Waals surface area contributed by atoms with E-state index in [9.17, 15) is 0 Å². The minimum Gasteiger partial charge on any atom is -0.497 e. The molecule has 4 heterocycles. The van der Waals surface area contributed by atoms with E-state index in [2.05, 4.69) is 232 Å². The van der Waals surface area contributed by atoms with Gasteiger partial charge >= 0.3 is 14.2 Å². The van der Waals surface area contributed by atoms with Crippen LogP contribution in [-0.2, 0) is 32.7 Å². The Hall–Kier alpha value is -9.65. The molecule has 12 aromatic carbocycles. The topological polar surface area (TPSA) is 128 Å². The molecule has 18 heteroatoms. The number of aryl methyl sites for hydroxylation is 2. The minimum atomic E-state index is -0.345. The molecular weight excluding hydrogens is 1470 g/mol. The molecule has 0 radical (unpaired) electrons. The molecule has 2 saturated heterocycles. The summed E-state index contributed by atoms with van der Waals surface area (Å²) in [5, 5.41) is 9.19. The van der Waals surface area contributed by atoms with E-state index in [4.69, 9.17) is 57.0 Å². The second kappa shape index (κ2) is 30.9. The summed E-state index contributed by atoms with van der Waals surface area (Å²) in [4.78, 5) is 10.5. The second-order valence-electron chi connectivity index (χ2n) is 28.3. The van der Waals surface area contributed by atoms with Crippen molar-refractivity contribution < 1.29 is 47.0 Å². The average Bonchev–Trinajstić information content (AvgIpc) is 1.64. The van der Waals surface area contributed by atoms with Gasteiger partial charge in [0.05, 0.1) is 98.3 Å². The number of halogens is 2. The highest BCUT2D eigenvalue weighted by atomic mass is 79.9. The number of fused-ring (bicyclic) bond motifs is 12. The van der Waals surface area contributed by atoms with Crippen LogP contribution in [0.15, 0.2) is 215 Å². The molecule has 2 aliphatic heterocycles. The van der Waals surface area contributed by atoms with Crippen molar-refractivity contribution in [1.82, 2.24) is 19.1 Å². The summed E-state index contributed by atoms with van der Waals surface area (Å²) >= 11 is 7.26. The number of methoxy groups -OCH3 is 6. The van der Waals surface area contributed by atoms with Gasteiger partial charge in [0, 0.05) is 56.7 Å². The summed E-state index contributed by atoms with van der Waals surface area (Å²) in [6.07, 6.45) is 0. The summed E-state index contributed by atoms with van der Waals surface area (Å²) in [6.45, 7) is 16.5. The fraction of sp³-hybridized carbons (Fsp3) is 0.258. The highest BCUT2D eigenvalue weighted by Crippen LogP contribution is 2.46. The monoisotopic (exact) mass is 1560 g/mol. The van der Waals surface area contributed by atoms with Crippen LogP contribution in [0.2, 0.25) is 0 Å². The maximum Gasteiger partial charge on any atom is 0.494 e. The number of ether oxygens (including phenoxy) is 6. The van der Waals surface area contributed by atoms with Gasteiger partial charge in [-0.25, -0.2) is 9.97 Å². The first-order valence-corrected chi connectivity index (χ1v) is 36.1. The average molecular weight is 1560 g/mol. The summed E-state index contributed by atoms with van der Waals surface area (Å²) in [5.74, 6) is 6.25. The third-order valence-electron chi connectivity index (χ3n) is 21.1. The molecule has 0 bridgehead atoms. The van der Waals surface area contributed by atoms with Crippen LogP contribution in [0.4, 0.5) is 0 Å². The molecule has 0 N–H and O–H groups in total. The van der Waals surface area contributed by atoms with Gasteiger partial charge in [-0.1, -0.05) is 163 Å². The Morgan fingerprint density at radius 3 is 0.944 bits per heavy atom. The molecule has 2 aromatic heterocycles. The molecule has 0 spiro atoms. The molecule has 0 amide bonds. The van der Waals surface area contributed by atoms with Crippen molar-refractivity contribution in [2.45, 2.75) is 100 Å². The van der Waals surface area contributed by atoms with Gasteiger partial charge in [0.15, 0.2) is 0 Å². The van der Waals surface area contributed by atoms with Crippen molar-refractivity contribution in [1.29, 1.82) is 0 Å². The smallest absolute Gasteiger partial charge is 0.494 e. The Morgan fingerprint density at radius 1 is 0.308 bits per heavy atom. The molecule has 0 unspecified atom stereocenters. The first-order chi connectivity index (χ1) is 49.8. The lowest BCUT2D eigenvalue weighted by molar-refractivity contribution is 0.00578. The summed E-state index contributed by atoms with van der Waals surface area (Å²) < 4.78 is 63.9. The SMILES string of the molecule is C.C.C.CC1(C)OB(c2ccc(B3OC(C)(C)C(C)(C)O3)cc2)OC1(C)C.COc1ccc(-c2ccc(-c3ccc4c5ccc(-c6ccc(OC)cc6)cc5c5nc(-c6ccc(OC)cc6OC)n(C)c5c4c3)cc2)cc1.COc1ccc(-c2nc3c4cc(Br)ccc4c4ccc(Br)cc4c3n2C)c(OC)c1. The van der Waals surface area contributed by atoms with Crippen molar-refractivity contribution >= 4 is 122 Å². The molecule has 550 valence electrons. The fourth-order valence-electron chi connectivity index (χ4n) is 13.8. The number of aromatic nitrogens is 4. The van der Waals surface area contributed by atoms with Crippen LogP contribution in [0, 0.1) is 0 Å². The predicted octanol–water partition coefficient (Wildman–Crippen LogP) is 21.9. The van der Waals surface area contributed by atoms with Crippen LogP contribution >= 0.6 is 31.9 Å². The number of imidazole rings is 2. The van der Waals surface area contributed by atoms with Crippen molar-refractivity contribution in [2.75, 3.05) is 42.7 Å². The van der Waals surface area contributed by atoms with E-state index in [0.717, 1.165) is 154 Å². The van der Waals surface area contributed by atoms with Gasteiger partial charge in [0.1, 0.15) is 46.1 Å². The van der Waals surface area contributed by atoms with Crippen LogP contribution in [0.1, 0.15) is 77.7 Å². The lowest BCUT2D eigenvalue weighted by atomic mass is 9.74. The zero-order chi connectivity index (χ0) is 73.3. The van der Waals surface area contributed by atoms with Gasteiger partial charge < -0.3 is 56.2 Å². The van der Waals surface area contributed by atoms with Crippen molar-refractivity contribution in [3.05, 3.63) is 215 Å². The standard InChI is InChI=1S/C44H36N2O4.C24H18Br2N2O2.C18H28B2O4.3CH4/c1-46-43-40-25-32(29-8-6-27(7-9-29)28-10-16-33(47-2)17-11-28)15-22-37(40)36-21-14-31(30-12-18-34(48-3)19-13-30)24-39(36)42(43)45-44(46)38-23-20-35(49-4)26-41(38)50-5;1-28-23-20-11-14(26)5-8-17(20)16-7-4-13(25)10-19(16)22(23)27-24(28)18-9-6-15(29-2)12-21(18)30-3;1-15(2)16(3,4)22-19(21-15)13-9-11-14(12-10-13)20-23-17(5,6)18(7,8)24-20;;;/h6-26H,1-5H3;4-12H,1-3H3;9-12H,1-8H3;3*1H4. The Morgan fingerprint density at radius 2 is 0.589 bits per heavy atom. The number of nitrogens with zero attached hydrogens (tertiary/aromatic N) is 4. The molecule has 0 saturated carbocycles. The van der Waals surface area contributed by atoms with Crippen LogP contribution in [0.5, 0.6) is 34.5 Å². The highest BCUT2D eigenvalue weighted by molar-refractivity contribution is 9.10. The number of hydrogen-bond donors (Lipinski definition) is 0. The largest absolute Gasteiger partial charge is 0.497 e. The van der Waals surface area contributed by atoms with E-state index < -0.39 is 0 Å². The van der Waals surface area contributed by atoms with Crippen LogP contribution in [0.25, 0.3) is 121 Å². The number of rotatable bonds is 13. The van der Waals surface area contributed by atoms with E-state index in [1.54, 1.807) is 42.7 Å². The Kier molecular flexibility index (Phi) is 22.7. The first kappa shape index (κ1) is 78.4. The molecule has 2 aliphatic rings. The van der Waals surface area contributed by atoms with Crippen molar-refractivity contribution in [3.63, 3.8) is 0 Å². The molecule has 0 atom stereocenters. The van der Waals surface area contributed by atoms with Crippen molar-refractivity contribution in [3.8, 4) is 90.7 Å². The molecule has 14 nitrogen and oxygen atoms in total. The van der Waals surface area contributed by atoms with Crippen molar-refractivity contribution in [2.24, 2.45) is 14.1 Å². The maximum atomic E-state index is 6.10. The lowest BCUT2D eigenvalue weighted by Crippen LogP contribution is -2.41. The minimum absolute atomic E-state index is 0. The Balaban J connectivity index is 0.000000171. The van der Waals surface area contributed by atoms with Crippen LogP contribution in [-0.4, -0.2) is 98.4 Å². The second-order valence-corrected chi connectivity index (χ2v) is 30.1. The van der Waals surface area contributed by atoms with Gasteiger partial charge in [0.25, 0.3) is 0 Å². The van der Waals surface area contributed by atoms with Gasteiger partial charge in [-0.3, -0.25) is 0 Å². The lowest BCUT2D eigenvalue weighted by Gasteiger charge is -2.32. The van der Waals surface area contributed by atoms with E-state index >= 15 is 0 Å². The van der Waals surface area contributed by atoms with Gasteiger partial charge in [-0.15, -0.1) is 0 Å². The summed E-state index contributed by atoms with van der Waals surface area (Å²) in [7, 11) is 13.5. The van der Waals surface area contributed by atoms with Gasteiger partial charge in [-0.05, 0) is 206 Å². The normalized spacial score (nSPS) is 14.5. The quantitative estimate of drug-likeness (QED) is 0.0805. The molecule has 16 rings (SSSR count). The zero-order valence-corrected chi connectivity index (χ0v) is 64.6. The number of hydrogen-bond acceptors (Lipinski definition) is 12. The number of benzene rings is 12. The third kappa shape index (κ3) is 14.6. The van der Waals surface area contributed by atoms with E-state index in [1.807, 2.05) is 84.9 Å². The van der Waals surface area contributed by atoms with Crippen LogP contribution in [0.3, 0.4) is 0 Å². The summed E-state index contributed by atoms with van der Waals surface area (Å²) in [5.41, 5.74) is 13.4. The van der Waals surface area contributed by atoms with Crippen LogP contribution < -0.4 is 39.3 Å². The van der Waals surface area contributed by atoms with E-state index in [-0.39, 0.29) is 58.9 Å². The molecule has 107 heavy (non-hydrogen) atoms. The third-order valence-corrected chi connectivity index (χ3v) is 22.1. The van der Waals surface area contributed by atoms with Gasteiger partial charge in [0.2, 0.25) is 0 Å².